The Labute approximate surface area is 186 Å². The Morgan fingerprint density at radius 3 is 2.87 bits per heavy atom. The van der Waals surface area contributed by atoms with Gasteiger partial charge in [0.2, 0.25) is 0 Å². The Bertz CT molecular complexity index is 1040. The number of aliphatic imine (C=N–C) groups is 1. The number of anilines is 1. The van der Waals surface area contributed by atoms with Gasteiger partial charge >= 0.3 is 0 Å². The quantitative estimate of drug-likeness (QED) is 0.450. The van der Waals surface area contributed by atoms with Crippen LogP contribution in [0.3, 0.4) is 0 Å². The first-order chi connectivity index (χ1) is 15.1. The molecule has 2 aromatic heterocycles. The molecule has 1 atom stereocenters. The Kier molecular flexibility index (Phi) is 6.76. The fraction of sp³-hybridized carbons (Fsp3) is 0.348. The molecule has 1 saturated heterocycles. The largest absolute Gasteiger partial charge is 0.357 e. The van der Waals surface area contributed by atoms with Crippen LogP contribution >= 0.6 is 11.3 Å². The van der Waals surface area contributed by atoms with Crippen molar-refractivity contribution >= 4 is 23.1 Å². The van der Waals surface area contributed by atoms with Gasteiger partial charge in [-0.15, -0.1) is 11.3 Å². The van der Waals surface area contributed by atoms with Crippen LogP contribution in [0.25, 0.3) is 10.6 Å². The van der Waals surface area contributed by atoms with Gasteiger partial charge in [0.1, 0.15) is 5.01 Å². The summed E-state index contributed by atoms with van der Waals surface area (Å²) in [5.74, 6) is 0.908. The fourth-order valence-corrected chi connectivity index (χ4v) is 4.62. The van der Waals surface area contributed by atoms with Crippen LogP contribution in [0.4, 0.5) is 10.2 Å². The number of pyridine rings is 1. The van der Waals surface area contributed by atoms with E-state index in [1.54, 1.807) is 23.6 Å². The Hall–Kier alpha value is -3.00. The van der Waals surface area contributed by atoms with Gasteiger partial charge in [0, 0.05) is 42.3 Å². The molecular weight excluding hydrogens is 411 g/mol. The van der Waals surface area contributed by atoms with Crippen molar-refractivity contribution in [2.24, 2.45) is 4.99 Å². The van der Waals surface area contributed by atoms with Crippen molar-refractivity contribution in [3.63, 3.8) is 0 Å². The predicted octanol–water partition coefficient (Wildman–Crippen LogP) is 3.99. The zero-order chi connectivity index (χ0) is 21.6. The molecule has 162 valence electrons. The number of aryl methyl sites for hydroxylation is 1. The molecule has 3 heterocycles. The molecule has 1 fully saturated rings. The first-order valence-electron chi connectivity index (χ1n) is 10.6. The van der Waals surface area contributed by atoms with Crippen LogP contribution in [0, 0.1) is 12.7 Å². The van der Waals surface area contributed by atoms with E-state index in [1.807, 2.05) is 36.9 Å². The molecule has 4 rings (SSSR count). The smallest absolute Gasteiger partial charge is 0.191 e. The van der Waals surface area contributed by atoms with Crippen molar-refractivity contribution in [2.45, 2.75) is 32.9 Å². The summed E-state index contributed by atoms with van der Waals surface area (Å²) in [5.41, 5.74) is 2.14. The molecule has 1 aliphatic rings. The van der Waals surface area contributed by atoms with Crippen molar-refractivity contribution in [1.82, 2.24) is 20.6 Å². The molecule has 1 aromatic carbocycles. The maximum Gasteiger partial charge on any atom is 0.191 e. The number of aromatic nitrogens is 2. The summed E-state index contributed by atoms with van der Waals surface area (Å²) in [6, 6.07) is 13.5. The Balaban J connectivity index is 1.41. The van der Waals surface area contributed by atoms with E-state index in [-0.39, 0.29) is 11.9 Å². The summed E-state index contributed by atoms with van der Waals surface area (Å²) in [5, 5.41) is 7.83. The fourth-order valence-electron chi connectivity index (χ4n) is 3.62. The van der Waals surface area contributed by atoms with Crippen molar-refractivity contribution in [2.75, 3.05) is 24.5 Å². The van der Waals surface area contributed by atoms with Gasteiger partial charge in [-0.1, -0.05) is 30.3 Å². The first-order valence-corrected chi connectivity index (χ1v) is 11.4. The van der Waals surface area contributed by atoms with E-state index in [9.17, 15) is 4.39 Å². The highest BCUT2D eigenvalue weighted by atomic mass is 32.1. The number of halogens is 1. The molecule has 8 heteroatoms. The average Bonchev–Trinajstić information content (AvgIpc) is 3.40. The third-order valence-electron chi connectivity index (χ3n) is 5.21. The highest BCUT2D eigenvalue weighted by Gasteiger charge is 2.26. The first kappa shape index (κ1) is 21.2. The molecule has 31 heavy (non-hydrogen) atoms. The molecule has 0 radical (unpaired) electrons. The summed E-state index contributed by atoms with van der Waals surface area (Å²) in [7, 11) is 0. The van der Waals surface area contributed by atoms with Gasteiger partial charge in [-0.25, -0.2) is 19.4 Å². The van der Waals surface area contributed by atoms with Crippen molar-refractivity contribution in [1.29, 1.82) is 0 Å². The summed E-state index contributed by atoms with van der Waals surface area (Å²) in [4.78, 5) is 16.8. The Morgan fingerprint density at radius 2 is 2.10 bits per heavy atom. The molecular formula is C23H27FN6S. The minimum atomic E-state index is -0.279. The van der Waals surface area contributed by atoms with Crippen LogP contribution in [-0.2, 0) is 6.54 Å². The van der Waals surface area contributed by atoms with Crippen LogP contribution in [-0.4, -0.2) is 41.6 Å². The molecule has 0 amide bonds. The maximum absolute atomic E-state index is 14.1. The van der Waals surface area contributed by atoms with Crippen LogP contribution in [0.15, 0.2) is 53.7 Å². The lowest BCUT2D eigenvalue weighted by atomic mass is 10.2. The Morgan fingerprint density at radius 1 is 1.26 bits per heavy atom. The second kappa shape index (κ2) is 9.87. The minimum Gasteiger partial charge on any atom is -0.357 e. The van der Waals surface area contributed by atoms with Gasteiger partial charge < -0.3 is 15.5 Å². The minimum absolute atomic E-state index is 0.182. The van der Waals surface area contributed by atoms with Gasteiger partial charge in [0.15, 0.2) is 17.6 Å². The average molecular weight is 439 g/mol. The van der Waals surface area contributed by atoms with Crippen molar-refractivity contribution in [3.05, 3.63) is 65.0 Å². The summed E-state index contributed by atoms with van der Waals surface area (Å²) in [6.07, 6.45) is 2.53. The number of hydrogen-bond donors (Lipinski definition) is 2. The van der Waals surface area contributed by atoms with Crippen molar-refractivity contribution in [3.8, 4) is 10.6 Å². The van der Waals surface area contributed by atoms with Crippen molar-refractivity contribution < 1.29 is 4.39 Å². The van der Waals surface area contributed by atoms with Crippen LogP contribution in [0.5, 0.6) is 0 Å². The molecule has 3 aromatic rings. The topological polar surface area (TPSA) is 65.4 Å². The zero-order valence-corrected chi connectivity index (χ0v) is 18.6. The van der Waals surface area contributed by atoms with Gasteiger partial charge in [0.25, 0.3) is 0 Å². The lowest BCUT2D eigenvalue weighted by Crippen LogP contribution is -2.44. The van der Waals surface area contributed by atoms with E-state index in [1.165, 1.54) is 6.07 Å². The van der Waals surface area contributed by atoms with Gasteiger partial charge in [-0.05, 0) is 32.4 Å². The number of guanidine groups is 1. The van der Waals surface area contributed by atoms with Crippen LogP contribution in [0.1, 0.15) is 23.9 Å². The molecule has 1 unspecified atom stereocenters. The standard InChI is InChI=1S/C23H27FN6S/c1-3-25-23(29-18-11-13-30(15-18)21-19(24)10-7-12-26-21)27-14-20-16(2)28-22(31-20)17-8-5-4-6-9-17/h4-10,12,18H,3,11,13-15H2,1-2H3,(H2,25,27,29). The van der Waals surface area contributed by atoms with E-state index in [0.717, 1.165) is 46.6 Å². The van der Waals surface area contributed by atoms with E-state index in [2.05, 4.69) is 27.8 Å². The van der Waals surface area contributed by atoms with E-state index >= 15 is 0 Å². The number of benzene rings is 1. The molecule has 0 bridgehead atoms. The summed E-state index contributed by atoms with van der Waals surface area (Å²) in [6.45, 7) is 6.87. The molecule has 2 N–H and O–H groups in total. The molecule has 1 aliphatic heterocycles. The summed E-state index contributed by atoms with van der Waals surface area (Å²) >= 11 is 1.68. The van der Waals surface area contributed by atoms with Gasteiger partial charge in [-0.2, -0.15) is 0 Å². The number of nitrogens with zero attached hydrogens (tertiary/aromatic N) is 4. The molecule has 0 saturated carbocycles. The van der Waals surface area contributed by atoms with Crippen LogP contribution in [0.2, 0.25) is 0 Å². The molecule has 0 aliphatic carbocycles. The SMILES string of the molecule is CCNC(=NCc1sc(-c2ccccc2)nc1C)NC1CCN(c2ncccc2F)C1. The third kappa shape index (κ3) is 5.19. The number of thiazole rings is 1. The van der Waals surface area contributed by atoms with Gasteiger partial charge in [-0.3, -0.25) is 0 Å². The second-order valence-corrected chi connectivity index (χ2v) is 8.56. The normalized spacial score (nSPS) is 16.5. The second-order valence-electron chi connectivity index (χ2n) is 7.47. The lowest BCUT2D eigenvalue weighted by molar-refractivity contribution is 0.612. The highest BCUT2D eigenvalue weighted by molar-refractivity contribution is 7.15. The van der Waals surface area contributed by atoms with Crippen LogP contribution < -0.4 is 15.5 Å². The monoisotopic (exact) mass is 438 g/mol. The van der Waals surface area contributed by atoms with E-state index in [0.29, 0.717) is 18.9 Å². The number of nitrogens with one attached hydrogen (secondary N) is 2. The van der Waals surface area contributed by atoms with E-state index in [4.69, 9.17) is 9.98 Å². The van der Waals surface area contributed by atoms with E-state index < -0.39 is 0 Å². The number of rotatable bonds is 6. The molecule has 6 nitrogen and oxygen atoms in total. The summed E-state index contributed by atoms with van der Waals surface area (Å²) < 4.78 is 14.1. The third-order valence-corrected chi connectivity index (χ3v) is 6.40. The zero-order valence-electron chi connectivity index (χ0n) is 17.8. The predicted molar refractivity (Wildman–Crippen MR) is 125 cm³/mol. The van der Waals surface area contributed by atoms with Gasteiger partial charge in [0.05, 0.1) is 12.2 Å². The number of hydrogen-bond acceptors (Lipinski definition) is 5. The lowest BCUT2D eigenvalue weighted by Gasteiger charge is -2.19. The highest BCUT2D eigenvalue weighted by Crippen LogP contribution is 2.28. The maximum atomic E-state index is 14.1. The molecule has 0 spiro atoms.